The molecule has 0 spiro atoms. The topological polar surface area (TPSA) is 77.8 Å². The molecule has 2 rings (SSSR count). The molecule has 2 N–H and O–H groups in total. The summed E-state index contributed by atoms with van der Waals surface area (Å²) in [5.74, 6) is 1.04. The lowest BCUT2D eigenvalue weighted by atomic mass is 9.87. The van der Waals surface area contributed by atoms with Gasteiger partial charge in [-0.15, -0.1) is 11.3 Å². The summed E-state index contributed by atoms with van der Waals surface area (Å²) in [6.07, 6.45) is 0. The first-order valence-electron chi connectivity index (χ1n) is 5.39. The van der Waals surface area contributed by atoms with Crippen molar-refractivity contribution in [1.29, 1.82) is 0 Å². The van der Waals surface area contributed by atoms with E-state index in [4.69, 9.17) is 10.3 Å². The third kappa shape index (κ3) is 2.37. The average Bonchev–Trinajstić information content (AvgIpc) is 2.83. The van der Waals surface area contributed by atoms with Gasteiger partial charge >= 0.3 is 0 Å². The van der Waals surface area contributed by atoms with Gasteiger partial charge in [0.15, 0.2) is 5.82 Å². The Kier molecular flexibility index (Phi) is 3.01. The molecule has 0 aliphatic carbocycles. The third-order valence-electron chi connectivity index (χ3n) is 2.59. The minimum atomic E-state index is -0.242. The summed E-state index contributed by atoms with van der Waals surface area (Å²) >= 11 is 1.49. The molecule has 2 aromatic heterocycles. The summed E-state index contributed by atoms with van der Waals surface area (Å²) in [6.45, 7) is 8.06. The van der Waals surface area contributed by atoms with E-state index in [0.29, 0.717) is 11.7 Å². The van der Waals surface area contributed by atoms with E-state index in [1.54, 1.807) is 5.51 Å². The summed E-state index contributed by atoms with van der Waals surface area (Å²) in [4.78, 5) is 9.41. The van der Waals surface area contributed by atoms with Crippen LogP contribution in [0.1, 0.15) is 38.3 Å². The normalized spacial score (nSPS) is 13.9. The molecule has 92 valence electrons. The number of aryl methyl sites for hydroxylation is 1. The van der Waals surface area contributed by atoms with E-state index in [0.717, 1.165) is 10.6 Å². The highest BCUT2D eigenvalue weighted by Gasteiger charge is 2.27. The monoisotopic (exact) mass is 252 g/mol. The van der Waals surface area contributed by atoms with Gasteiger partial charge < -0.3 is 10.3 Å². The molecule has 17 heavy (non-hydrogen) atoms. The Hall–Kier alpha value is -1.27. The molecule has 6 heteroatoms. The number of hydrogen-bond donors (Lipinski definition) is 1. The number of rotatable bonds is 2. The van der Waals surface area contributed by atoms with Crippen molar-refractivity contribution in [2.24, 2.45) is 11.1 Å². The molecule has 0 aliphatic heterocycles. The summed E-state index contributed by atoms with van der Waals surface area (Å²) in [6, 6.07) is -0.242. The number of nitrogens with zero attached hydrogens (tertiary/aromatic N) is 3. The molecular formula is C11H16N4OS. The lowest BCUT2D eigenvalue weighted by Crippen LogP contribution is -2.27. The van der Waals surface area contributed by atoms with Crippen LogP contribution >= 0.6 is 11.3 Å². The maximum atomic E-state index is 6.08. The zero-order valence-corrected chi connectivity index (χ0v) is 11.2. The second-order valence-corrected chi connectivity index (χ2v) is 5.92. The largest absolute Gasteiger partial charge is 0.333 e. The number of nitrogens with two attached hydrogens (primary N) is 1. The van der Waals surface area contributed by atoms with Crippen molar-refractivity contribution in [2.75, 3.05) is 0 Å². The fourth-order valence-corrected chi connectivity index (χ4v) is 2.07. The lowest BCUT2D eigenvalue weighted by molar-refractivity contribution is 0.303. The molecule has 1 unspecified atom stereocenters. The molecule has 0 saturated carbocycles. The van der Waals surface area contributed by atoms with Crippen LogP contribution in [0.15, 0.2) is 10.0 Å². The zero-order valence-electron chi connectivity index (χ0n) is 10.4. The zero-order chi connectivity index (χ0) is 12.6. The van der Waals surface area contributed by atoms with Gasteiger partial charge in [0.25, 0.3) is 5.89 Å². The van der Waals surface area contributed by atoms with Gasteiger partial charge in [0.1, 0.15) is 4.88 Å². The maximum Gasteiger partial charge on any atom is 0.269 e. The van der Waals surface area contributed by atoms with Crippen LogP contribution in [0.3, 0.4) is 0 Å². The predicted molar refractivity (Wildman–Crippen MR) is 66.5 cm³/mol. The number of thiazole rings is 1. The van der Waals surface area contributed by atoms with Gasteiger partial charge in [0.05, 0.1) is 17.2 Å². The fourth-order valence-electron chi connectivity index (χ4n) is 1.35. The summed E-state index contributed by atoms with van der Waals surface area (Å²) in [7, 11) is 0. The van der Waals surface area contributed by atoms with Gasteiger partial charge in [-0.25, -0.2) is 4.98 Å². The number of aromatic nitrogens is 3. The van der Waals surface area contributed by atoms with E-state index in [9.17, 15) is 0 Å². The highest BCUT2D eigenvalue weighted by atomic mass is 32.1. The van der Waals surface area contributed by atoms with Crippen LogP contribution in [-0.4, -0.2) is 15.1 Å². The SMILES string of the molecule is Cc1ncsc1-c1nc(C(N)C(C)(C)C)no1. The Bertz CT molecular complexity index is 512. The first-order chi connectivity index (χ1) is 7.89. The van der Waals surface area contributed by atoms with Crippen LogP contribution in [0.4, 0.5) is 0 Å². The Balaban J connectivity index is 2.31. The van der Waals surface area contributed by atoms with Gasteiger partial charge in [-0.3, -0.25) is 0 Å². The molecular weight excluding hydrogens is 236 g/mol. The van der Waals surface area contributed by atoms with Crippen LogP contribution in [0.5, 0.6) is 0 Å². The van der Waals surface area contributed by atoms with Crippen LogP contribution in [0.25, 0.3) is 10.8 Å². The minimum Gasteiger partial charge on any atom is -0.333 e. The van der Waals surface area contributed by atoms with Crippen molar-refractivity contribution in [3.8, 4) is 10.8 Å². The van der Waals surface area contributed by atoms with Crippen LogP contribution in [-0.2, 0) is 0 Å². The number of hydrogen-bond acceptors (Lipinski definition) is 6. The molecule has 0 fully saturated rings. The van der Waals surface area contributed by atoms with Gasteiger partial charge in [0, 0.05) is 0 Å². The van der Waals surface area contributed by atoms with Crippen molar-refractivity contribution >= 4 is 11.3 Å². The van der Waals surface area contributed by atoms with Crippen molar-refractivity contribution in [3.63, 3.8) is 0 Å². The molecule has 0 aromatic carbocycles. The van der Waals surface area contributed by atoms with Gasteiger partial charge in [-0.05, 0) is 12.3 Å². The molecule has 5 nitrogen and oxygen atoms in total. The van der Waals surface area contributed by atoms with E-state index in [1.807, 2.05) is 27.7 Å². The van der Waals surface area contributed by atoms with Gasteiger partial charge in [-0.1, -0.05) is 25.9 Å². The summed E-state index contributed by atoms with van der Waals surface area (Å²) in [5.41, 5.74) is 8.65. The Morgan fingerprint density at radius 1 is 1.41 bits per heavy atom. The summed E-state index contributed by atoms with van der Waals surface area (Å²) in [5, 5.41) is 3.95. The van der Waals surface area contributed by atoms with Crippen LogP contribution < -0.4 is 5.73 Å². The highest BCUT2D eigenvalue weighted by molar-refractivity contribution is 7.13. The second kappa shape index (κ2) is 4.19. The summed E-state index contributed by atoms with van der Waals surface area (Å²) < 4.78 is 5.24. The fraction of sp³-hybridized carbons (Fsp3) is 0.545. The second-order valence-electron chi connectivity index (χ2n) is 5.07. The maximum absolute atomic E-state index is 6.08. The Morgan fingerprint density at radius 2 is 2.12 bits per heavy atom. The third-order valence-corrected chi connectivity index (χ3v) is 3.51. The first-order valence-corrected chi connectivity index (χ1v) is 6.27. The Morgan fingerprint density at radius 3 is 2.65 bits per heavy atom. The molecule has 2 heterocycles. The van der Waals surface area contributed by atoms with E-state index in [2.05, 4.69) is 15.1 Å². The van der Waals surface area contributed by atoms with E-state index >= 15 is 0 Å². The molecule has 0 aliphatic rings. The standard InChI is InChI=1S/C11H16N4OS/c1-6-7(17-5-13-6)10-14-9(15-16-10)8(12)11(2,3)4/h5,8H,12H2,1-4H3. The molecule has 0 radical (unpaired) electrons. The van der Waals surface area contributed by atoms with Crippen LogP contribution in [0, 0.1) is 12.3 Å². The smallest absolute Gasteiger partial charge is 0.269 e. The Labute approximate surface area is 104 Å². The highest BCUT2D eigenvalue weighted by Crippen LogP contribution is 2.31. The average molecular weight is 252 g/mol. The lowest BCUT2D eigenvalue weighted by Gasteiger charge is -2.23. The van der Waals surface area contributed by atoms with Crippen molar-refractivity contribution in [2.45, 2.75) is 33.7 Å². The molecule has 0 amide bonds. The molecule has 2 aromatic rings. The van der Waals surface area contributed by atoms with Crippen molar-refractivity contribution in [3.05, 3.63) is 17.0 Å². The molecule has 1 atom stereocenters. The first kappa shape index (κ1) is 12.2. The van der Waals surface area contributed by atoms with E-state index in [-0.39, 0.29) is 11.5 Å². The van der Waals surface area contributed by atoms with Crippen molar-refractivity contribution in [1.82, 2.24) is 15.1 Å². The molecule has 0 bridgehead atoms. The van der Waals surface area contributed by atoms with E-state index < -0.39 is 0 Å². The van der Waals surface area contributed by atoms with Gasteiger partial charge in [-0.2, -0.15) is 4.98 Å². The predicted octanol–water partition coefficient (Wildman–Crippen LogP) is 2.55. The van der Waals surface area contributed by atoms with Gasteiger partial charge in [0.2, 0.25) is 0 Å². The van der Waals surface area contributed by atoms with Crippen molar-refractivity contribution < 1.29 is 4.52 Å². The van der Waals surface area contributed by atoms with E-state index in [1.165, 1.54) is 11.3 Å². The van der Waals surface area contributed by atoms with Crippen LogP contribution in [0.2, 0.25) is 0 Å². The molecule has 0 saturated heterocycles. The minimum absolute atomic E-state index is 0.0934. The quantitative estimate of drug-likeness (QED) is 0.888.